The summed E-state index contributed by atoms with van der Waals surface area (Å²) in [6.07, 6.45) is 6.89. The number of hydrogen-bond acceptors (Lipinski definition) is 2. The maximum atomic E-state index is 12.6. The van der Waals surface area contributed by atoms with E-state index in [0.717, 1.165) is 32.4 Å². The third-order valence-corrected chi connectivity index (χ3v) is 4.20. The normalized spacial score (nSPS) is 35.4. The van der Waals surface area contributed by atoms with Crippen molar-refractivity contribution in [3.8, 4) is 0 Å². The highest BCUT2D eigenvalue weighted by molar-refractivity contribution is 5.86. The van der Waals surface area contributed by atoms with Gasteiger partial charge in [0.2, 0.25) is 5.91 Å². The maximum absolute atomic E-state index is 12.6. The van der Waals surface area contributed by atoms with Gasteiger partial charge < -0.3 is 10.2 Å². The summed E-state index contributed by atoms with van der Waals surface area (Å²) in [6.45, 7) is 6.23. The van der Waals surface area contributed by atoms with Crippen molar-refractivity contribution >= 4 is 5.91 Å². The van der Waals surface area contributed by atoms with Crippen LogP contribution in [0.3, 0.4) is 0 Å². The van der Waals surface area contributed by atoms with E-state index in [-0.39, 0.29) is 5.54 Å². The minimum atomic E-state index is -0.273. The highest BCUT2D eigenvalue weighted by atomic mass is 16.2. The van der Waals surface area contributed by atoms with Gasteiger partial charge in [-0.25, -0.2) is 0 Å². The number of nitrogens with zero attached hydrogens (tertiary/aromatic N) is 1. The molecule has 16 heavy (non-hydrogen) atoms. The molecule has 2 aliphatic heterocycles. The first-order chi connectivity index (χ1) is 7.67. The lowest BCUT2D eigenvalue weighted by Crippen LogP contribution is -2.56. The number of amides is 1. The second kappa shape index (κ2) is 4.74. The van der Waals surface area contributed by atoms with E-state index in [1.54, 1.807) is 0 Å². The zero-order chi connectivity index (χ0) is 11.6. The third kappa shape index (κ3) is 2.10. The SMILES string of the molecule is CCC1CCCCN1C(=O)C1(C)CCCN1. The lowest BCUT2D eigenvalue weighted by Gasteiger charge is -2.40. The number of likely N-dealkylation sites (tertiary alicyclic amines) is 1. The standard InChI is InChI=1S/C13H24N2O/c1-3-11-7-4-5-10-15(11)12(16)13(2)8-6-9-14-13/h11,14H,3-10H2,1-2H3. The van der Waals surface area contributed by atoms with Gasteiger partial charge in [-0.05, 0) is 52.0 Å². The second-order valence-corrected chi connectivity index (χ2v) is 5.42. The van der Waals surface area contributed by atoms with Crippen molar-refractivity contribution in [3.05, 3.63) is 0 Å². The molecule has 2 saturated heterocycles. The minimum absolute atomic E-state index is 0.273. The fourth-order valence-corrected chi connectivity index (χ4v) is 3.09. The molecule has 92 valence electrons. The molecule has 0 aromatic heterocycles. The van der Waals surface area contributed by atoms with Gasteiger partial charge in [0.1, 0.15) is 0 Å². The van der Waals surface area contributed by atoms with E-state index in [1.807, 2.05) is 0 Å². The van der Waals surface area contributed by atoms with Gasteiger partial charge in [0.15, 0.2) is 0 Å². The van der Waals surface area contributed by atoms with Gasteiger partial charge in [-0.1, -0.05) is 6.92 Å². The predicted octanol–water partition coefficient (Wildman–Crippen LogP) is 1.92. The molecule has 3 heteroatoms. The van der Waals surface area contributed by atoms with Crippen LogP contribution in [0.2, 0.25) is 0 Å². The van der Waals surface area contributed by atoms with E-state index in [2.05, 4.69) is 24.1 Å². The summed E-state index contributed by atoms with van der Waals surface area (Å²) in [4.78, 5) is 14.7. The Morgan fingerprint density at radius 3 is 2.88 bits per heavy atom. The van der Waals surface area contributed by atoms with E-state index in [4.69, 9.17) is 0 Å². The molecule has 0 radical (unpaired) electrons. The smallest absolute Gasteiger partial charge is 0.242 e. The van der Waals surface area contributed by atoms with E-state index in [1.165, 1.54) is 19.3 Å². The Bertz CT molecular complexity index is 259. The lowest BCUT2D eigenvalue weighted by atomic mass is 9.93. The summed E-state index contributed by atoms with van der Waals surface area (Å²) < 4.78 is 0. The molecule has 1 N–H and O–H groups in total. The number of nitrogens with one attached hydrogen (secondary N) is 1. The van der Waals surface area contributed by atoms with Gasteiger partial charge in [-0.2, -0.15) is 0 Å². The van der Waals surface area contributed by atoms with Crippen molar-refractivity contribution in [1.29, 1.82) is 0 Å². The lowest BCUT2D eigenvalue weighted by molar-refractivity contribution is -0.141. The van der Waals surface area contributed by atoms with Crippen molar-refractivity contribution < 1.29 is 4.79 Å². The fraction of sp³-hybridized carbons (Fsp3) is 0.923. The van der Waals surface area contributed by atoms with Crippen LogP contribution in [-0.4, -0.2) is 35.5 Å². The fourth-order valence-electron chi connectivity index (χ4n) is 3.09. The van der Waals surface area contributed by atoms with Crippen LogP contribution >= 0.6 is 0 Å². The minimum Gasteiger partial charge on any atom is -0.338 e. The topological polar surface area (TPSA) is 32.3 Å². The molecule has 0 spiro atoms. The van der Waals surface area contributed by atoms with Crippen LogP contribution in [0.15, 0.2) is 0 Å². The average Bonchev–Trinajstić information content (AvgIpc) is 2.76. The molecule has 0 aliphatic carbocycles. The Morgan fingerprint density at radius 2 is 2.25 bits per heavy atom. The predicted molar refractivity (Wildman–Crippen MR) is 65.3 cm³/mol. The van der Waals surface area contributed by atoms with Gasteiger partial charge >= 0.3 is 0 Å². The molecule has 2 rings (SSSR count). The zero-order valence-electron chi connectivity index (χ0n) is 10.6. The Labute approximate surface area is 98.6 Å². The van der Waals surface area contributed by atoms with Gasteiger partial charge in [0, 0.05) is 12.6 Å². The third-order valence-electron chi connectivity index (χ3n) is 4.20. The van der Waals surface area contributed by atoms with Crippen molar-refractivity contribution in [2.75, 3.05) is 13.1 Å². The van der Waals surface area contributed by atoms with Gasteiger partial charge in [-0.15, -0.1) is 0 Å². The molecule has 1 amide bonds. The first-order valence-electron chi connectivity index (χ1n) is 6.73. The van der Waals surface area contributed by atoms with E-state index < -0.39 is 0 Å². The Balaban J connectivity index is 2.07. The van der Waals surface area contributed by atoms with Crippen LogP contribution in [0, 0.1) is 0 Å². The Morgan fingerprint density at radius 1 is 1.44 bits per heavy atom. The summed E-state index contributed by atoms with van der Waals surface area (Å²) in [5.41, 5.74) is -0.273. The number of carbonyl (C=O) groups is 1. The summed E-state index contributed by atoms with van der Waals surface area (Å²) in [5.74, 6) is 0.344. The van der Waals surface area contributed by atoms with E-state index in [9.17, 15) is 4.79 Å². The summed E-state index contributed by atoms with van der Waals surface area (Å²) in [7, 11) is 0. The number of rotatable bonds is 2. The maximum Gasteiger partial charge on any atom is 0.242 e. The van der Waals surface area contributed by atoms with E-state index >= 15 is 0 Å². The first kappa shape index (κ1) is 11.9. The Hall–Kier alpha value is -0.570. The van der Waals surface area contributed by atoms with Gasteiger partial charge in [0.05, 0.1) is 5.54 Å². The molecule has 0 aromatic carbocycles. The molecule has 2 atom stereocenters. The van der Waals surface area contributed by atoms with Crippen LogP contribution in [-0.2, 0) is 4.79 Å². The van der Waals surface area contributed by atoms with Crippen LogP contribution in [0.5, 0.6) is 0 Å². The van der Waals surface area contributed by atoms with Crippen molar-refractivity contribution in [3.63, 3.8) is 0 Å². The number of hydrogen-bond donors (Lipinski definition) is 1. The van der Waals surface area contributed by atoms with E-state index in [0.29, 0.717) is 11.9 Å². The summed E-state index contributed by atoms with van der Waals surface area (Å²) in [6, 6.07) is 0.487. The molecule has 2 heterocycles. The summed E-state index contributed by atoms with van der Waals surface area (Å²) in [5, 5.41) is 3.38. The average molecular weight is 224 g/mol. The molecule has 2 fully saturated rings. The molecule has 3 nitrogen and oxygen atoms in total. The van der Waals surface area contributed by atoms with Crippen molar-refractivity contribution in [2.45, 2.75) is 64.0 Å². The number of piperidine rings is 1. The molecule has 0 aromatic rings. The van der Waals surface area contributed by atoms with Crippen LogP contribution in [0.1, 0.15) is 52.4 Å². The zero-order valence-corrected chi connectivity index (χ0v) is 10.6. The molecular formula is C13H24N2O. The Kier molecular flexibility index (Phi) is 3.53. The van der Waals surface area contributed by atoms with Gasteiger partial charge in [0.25, 0.3) is 0 Å². The van der Waals surface area contributed by atoms with Crippen LogP contribution in [0.4, 0.5) is 0 Å². The largest absolute Gasteiger partial charge is 0.338 e. The highest BCUT2D eigenvalue weighted by Gasteiger charge is 2.41. The molecule has 2 unspecified atom stereocenters. The van der Waals surface area contributed by atoms with Crippen LogP contribution < -0.4 is 5.32 Å². The number of carbonyl (C=O) groups excluding carboxylic acids is 1. The first-order valence-corrected chi connectivity index (χ1v) is 6.73. The van der Waals surface area contributed by atoms with Gasteiger partial charge in [-0.3, -0.25) is 4.79 Å². The molecular weight excluding hydrogens is 200 g/mol. The quantitative estimate of drug-likeness (QED) is 0.777. The molecule has 2 aliphatic rings. The summed E-state index contributed by atoms with van der Waals surface area (Å²) >= 11 is 0. The van der Waals surface area contributed by atoms with Crippen LogP contribution in [0.25, 0.3) is 0 Å². The highest BCUT2D eigenvalue weighted by Crippen LogP contribution is 2.27. The van der Waals surface area contributed by atoms with Crippen molar-refractivity contribution in [2.24, 2.45) is 0 Å². The monoisotopic (exact) mass is 224 g/mol. The van der Waals surface area contributed by atoms with Crippen molar-refractivity contribution in [1.82, 2.24) is 10.2 Å². The molecule has 0 saturated carbocycles. The molecule has 0 bridgehead atoms. The second-order valence-electron chi connectivity index (χ2n) is 5.42.